The van der Waals surface area contributed by atoms with Crippen molar-refractivity contribution in [2.45, 2.75) is 270 Å². The van der Waals surface area contributed by atoms with Gasteiger partial charge in [-0.2, -0.15) is 9.55 Å². The number of aromatic nitrogens is 6. The van der Waals surface area contributed by atoms with E-state index >= 15 is 9.36 Å². The van der Waals surface area contributed by atoms with E-state index in [2.05, 4.69) is 27.1 Å². The van der Waals surface area contributed by atoms with Crippen LogP contribution in [0.3, 0.4) is 0 Å². The first-order chi connectivity index (χ1) is 54.6. The Kier molecular flexibility index (Phi) is 32.2. The second-order valence-corrected chi connectivity index (χ2v) is 44.7. The molecule has 29 heteroatoms. The lowest BCUT2D eigenvalue weighted by Gasteiger charge is -2.41. The number of aliphatic hydroxyl groups is 1. The lowest BCUT2D eigenvalue weighted by atomic mass is 9.80. The van der Waals surface area contributed by atoms with Crippen molar-refractivity contribution in [1.82, 2.24) is 28.7 Å². The molecule has 7 aromatic rings. The van der Waals surface area contributed by atoms with E-state index in [9.17, 15) is 24.3 Å². The molecule has 2 aliphatic heterocycles. The summed E-state index contributed by atoms with van der Waals surface area (Å²) < 4.78 is 92.8. The van der Waals surface area contributed by atoms with E-state index in [4.69, 9.17) is 62.4 Å². The Balaban J connectivity index is 1.06. The number of benzene rings is 4. The normalized spacial score (nSPS) is 19.4. The molecule has 4 aromatic carbocycles. The maximum absolute atomic E-state index is 16.4. The number of amides is 1. The molecule has 5 heterocycles. The average Bonchev–Trinajstić information content (AvgIpc) is 1.73. The quantitative estimate of drug-likeness (QED) is 0.0105. The molecular formula is C86H123N8O18PSi2. The highest BCUT2D eigenvalue weighted by molar-refractivity contribution is 7.48. The molecule has 9 rings (SSSR count). The Labute approximate surface area is 679 Å². The van der Waals surface area contributed by atoms with E-state index in [1.165, 1.54) is 94.1 Å². The van der Waals surface area contributed by atoms with Crippen LogP contribution >= 0.6 is 7.82 Å². The summed E-state index contributed by atoms with van der Waals surface area (Å²) in [6.45, 7) is 35.5. The van der Waals surface area contributed by atoms with Crippen molar-refractivity contribution >= 4 is 53.4 Å². The van der Waals surface area contributed by atoms with E-state index in [0.29, 0.717) is 50.7 Å². The van der Waals surface area contributed by atoms with Gasteiger partial charge >= 0.3 is 13.5 Å². The van der Waals surface area contributed by atoms with Crippen molar-refractivity contribution < 1.29 is 70.1 Å². The standard InChI is InChI=1S/C86H123N8O18PSi2/c1-19-20-21-22-23-24-25-26-27-28-29-30-31-32-33-37-51-104-67-54-61(53-59(4)60(67)5)79(99)94-70(95)48-50-92(83(94)100)80-74(111-114(15,16)84(6,7)8)72(96)68(108-80)56-107-113(101,106-52-49-87-12)110-73-69(55-105-86(62-38-35-34-36-39-62,63-40-44-65(102-13)45-41-63)64-42-46-66(103-14)47-43-64)109-81(75(73)112-115(17,18)85(9,10)11)93-57-88-71-76(93)89-82(91-78(71)98)90-77(97)58(2)3/h34-36,38-48,50,53-54,57-58,68-69,72-75,80-81,96H,19-33,37,49,51-52,55-56H2,1-11,13-18H3,(H2,89,90,91,97,98)/t68-,69-,72?,73?,74+,75+,80-,81-,113?/m1/s1. The first kappa shape index (κ1) is 91.1. The fourth-order valence-corrected chi connectivity index (χ4v) is 17.8. The second-order valence-electron chi connectivity index (χ2n) is 33.6. The maximum atomic E-state index is 16.4. The van der Waals surface area contributed by atoms with Crippen molar-refractivity contribution in [1.29, 1.82) is 0 Å². The van der Waals surface area contributed by atoms with Crippen molar-refractivity contribution in [3.63, 3.8) is 0 Å². The molecule has 3 N–H and O–H groups in total. The number of fused-ring (bicyclic) bond motifs is 1. The zero-order valence-corrected chi connectivity index (χ0v) is 73.4. The average molecular weight is 1640 g/mol. The highest BCUT2D eigenvalue weighted by Gasteiger charge is 2.57. The van der Waals surface area contributed by atoms with Crippen LogP contribution in [0.5, 0.6) is 17.2 Å². The summed E-state index contributed by atoms with van der Waals surface area (Å²) in [5.74, 6) is -0.435. The summed E-state index contributed by atoms with van der Waals surface area (Å²) in [6, 6.07) is 28.5. The molecule has 2 fully saturated rings. The number of aliphatic hydroxyl groups excluding tert-OH is 1. The zero-order chi connectivity index (χ0) is 83.6. The van der Waals surface area contributed by atoms with Gasteiger partial charge in [-0.1, -0.05) is 213 Å². The predicted octanol–water partition coefficient (Wildman–Crippen LogP) is 17.1. The van der Waals surface area contributed by atoms with Crippen molar-refractivity contribution in [2.24, 2.45) is 5.92 Å². The van der Waals surface area contributed by atoms with Crippen LogP contribution in [-0.4, -0.2) is 146 Å². The molecule has 0 aliphatic carbocycles. The number of imidazole rings is 1. The molecule has 115 heavy (non-hydrogen) atoms. The molecule has 0 bridgehead atoms. The molecule has 9 atom stereocenters. The number of H-pyrrole nitrogens is 1. The van der Waals surface area contributed by atoms with Gasteiger partial charge in [0, 0.05) is 23.7 Å². The summed E-state index contributed by atoms with van der Waals surface area (Å²) in [7, 11) is -8.15. The fourth-order valence-electron chi connectivity index (χ4n) is 13.8. The van der Waals surface area contributed by atoms with Crippen LogP contribution in [0.25, 0.3) is 16.0 Å². The number of carbonyl (C=O) groups excluding carboxylic acids is 2. The Morgan fingerprint density at radius 2 is 1.21 bits per heavy atom. The van der Waals surface area contributed by atoms with Crippen LogP contribution in [0.2, 0.25) is 36.3 Å². The molecule has 26 nitrogen and oxygen atoms in total. The number of unbranched alkanes of at least 4 members (excludes halogenated alkanes) is 15. The molecule has 1 amide bonds. The number of hydrogen-bond donors (Lipinski definition) is 3. The van der Waals surface area contributed by atoms with E-state index < -0.39 is 144 Å². The van der Waals surface area contributed by atoms with Gasteiger partial charge < -0.3 is 47.2 Å². The number of aryl methyl sites for hydroxylation is 1. The number of anilines is 1. The van der Waals surface area contributed by atoms with Gasteiger partial charge in [-0.15, -0.1) is 0 Å². The molecule has 3 unspecified atom stereocenters. The minimum absolute atomic E-state index is 0.0323. The first-order valence-corrected chi connectivity index (χ1v) is 48.0. The lowest BCUT2D eigenvalue weighted by Crippen LogP contribution is -2.51. The fraction of sp³-hybridized carbons (Fsp3) is 0.581. The van der Waals surface area contributed by atoms with Crippen LogP contribution in [0.1, 0.15) is 216 Å². The molecule has 0 radical (unpaired) electrons. The molecule has 2 saturated heterocycles. The molecule has 2 aliphatic rings. The van der Waals surface area contributed by atoms with Gasteiger partial charge in [-0.25, -0.2) is 20.9 Å². The molecule has 0 spiro atoms. The third kappa shape index (κ3) is 22.6. The van der Waals surface area contributed by atoms with Crippen molar-refractivity contribution in [3.8, 4) is 17.2 Å². The summed E-state index contributed by atoms with van der Waals surface area (Å²) >= 11 is 0. The predicted molar refractivity (Wildman–Crippen MR) is 449 cm³/mol. The first-order valence-electron chi connectivity index (χ1n) is 40.8. The number of methoxy groups -OCH3 is 2. The summed E-state index contributed by atoms with van der Waals surface area (Å²) in [5, 5.41) is 14.5. The SMILES string of the molecule is [C-]#[N+]CCOP(=O)(OC[C@H]1O[C@@H](n2ccc(=O)n(C(=O)c3cc(C)c(C)c(OCCCCCCCCCCCCCCCCCC)c3)c2=O)[C@@H](O[Si](C)(C)C(C)(C)C)C1O)OC1[C@@H](COC(c2ccccc2)(c2ccc(OC)cc2)c2ccc(OC)cc2)O[C@@H](n2cnc3c(=O)[nH]c(NC(=O)C(C)C)nc32)[C@H]1O[Si](C)(C)C(C)(C)C. The number of phosphoric ester groups is 1. The van der Waals surface area contributed by atoms with E-state index in [-0.39, 0.29) is 29.2 Å². The molecular weight excluding hydrogens is 1520 g/mol. The van der Waals surface area contributed by atoms with Crippen LogP contribution in [0.4, 0.5) is 5.95 Å². The topological polar surface area (TPSA) is 297 Å². The number of aromatic amines is 1. The number of nitrogens with one attached hydrogen (secondary N) is 2. The van der Waals surface area contributed by atoms with Crippen LogP contribution in [0.15, 0.2) is 124 Å². The summed E-state index contributed by atoms with van der Waals surface area (Å²) in [6.07, 6.45) is 10.6. The van der Waals surface area contributed by atoms with E-state index in [0.717, 1.165) is 41.9 Å². The molecule has 0 saturated carbocycles. The maximum Gasteiger partial charge on any atom is 0.475 e. The van der Waals surface area contributed by atoms with Gasteiger partial charge in [0.2, 0.25) is 18.4 Å². The van der Waals surface area contributed by atoms with Crippen molar-refractivity contribution in [3.05, 3.63) is 186 Å². The van der Waals surface area contributed by atoms with Gasteiger partial charge in [0.05, 0.1) is 40.4 Å². The Hall–Kier alpha value is -7.76. The third-order valence-electron chi connectivity index (χ3n) is 22.9. The van der Waals surface area contributed by atoms with Gasteiger partial charge in [-0.3, -0.25) is 52.2 Å². The number of ether oxygens (including phenoxy) is 6. The minimum Gasteiger partial charge on any atom is -0.497 e. The monoisotopic (exact) mass is 1640 g/mol. The van der Waals surface area contributed by atoms with Gasteiger partial charge in [-0.05, 0) is 121 Å². The summed E-state index contributed by atoms with van der Waals surface area (Å²) in [4.78, 5) is 86.8. The molecule has 628 valence electrons. The number of rotatable bonds is 43. The Morgan fingerprint density at radius 3 is 1.75 bits per heavy atom. The van der Waals surface area contributed by atoms with Gasteiger partial charge in [0.1, 0.15) is 66.1 Å². The largest absolute Gasteiger partial charge is 0.497 e. The summed E-state index contributed by atoms with van der Waals surface area (Å²) in [5.41, 5.74) is -0.838. The lowest BCUT2D eigenvalue weighted by molar-refractivity contribution is -0.119. The third-order valence-corrected chi connectivity index (χ3v) is 33.3. The highest BCUT2D eigenvalue weighted by atomic mass is 31.2. The van der Waals surface area contributed by atoms with E-state index in [1.807, 2.05) is 160 Å². The van der Waals surface area contributed by atoms with Gasteiger partial charge in [0.25, 0.3) is 17.0 Å². The number of hydrogen-bond acceptors (Lipinski definition) is 20. The van der Waals surface area contributed by atoms with Crippen molar-refractivity contribution in [2.75, 3.05) is 52.5 Å². The van der Waals surface area contributed by atoms with Crippen LogP contribution in [-0.2, 0) is 51.6 Å². The Morgan fingerprint density at radius 1 is 0.678 bits per heavy atom. The highest BCUT2D eigenvalue weighted by Crippen LogP contribution is 2.56. The smallest absolute Gasteiger partial charge is 0.475 e. The number of nitrogens with zero attached hydrogens (tertiary/aromatic N) is 6. The number of phosphoric acid groups is 1. The Bertz CT molecular complexity index is 4580. The van der Waals surface area contributed by atoms with E-state index in [1.54, 1.807) is 40.2 Å². The zero-order valence-electron chi connectivity index (χ0n) is 70.5. The number of carbonyl (C=O) groups is 2. The molecule has 3 aromatic heterocycles. The van der Waals surface area contributed by atoms with Crippen LogP contribution < -0.4 is 36.3 Å². The second kappa shape index (κ2) is 40.6. The van der Waals surface area contributed by atoms with Gasteiger partial charge in [0.15, 0.2) is 40.3 Å². The minimum atomic E-state index is -5.20. The van der Waals surface area contributed by atoms with Crippen LogP contribution in [0, 0.1) is 26.3 Å².